The summed E-state index contributed by atoms with van der Waals surface area (Å²) in [6.45, 7) is 2.44. The van der Waals surface area contributed by atoms with Gasteiger partial charge in [-0.05, 0) is 48.0 Å². The van der Waals surface area contributed by atoms with Gasteiger partial charge in [0.2, 0.25) is 0 Å². The van der Waals surface area contributed by atoms with Crippen molar-refractivity contribution in [2.24, 2.45) is 0 Å². The van der Waals surface area contributed by atoms with Crippen molar-refractivity contribution in [1.29, 1.82) is 0 Å². The highest BCUT2D eigenvalue weighted by molar-refractivity contribution is 5.65. The molecule has 4 heterocycles. The maximum atomic E-state index is 13.8. The van der Waals surface area contributed by atoms with Crippen molar-refractivity contribution in [3.8, 4) is 11.4 Å². The molecule has 1 aliphatic rings. The van der Waals surface area contributed by atoms with Gasteiger partial charge in [0.1, 0.15) is 11.6 Å². The topological polar surface area (TPSA) is 66.8 Å². The van der Waals surface area contributed by atoms with E-state index in [0.29, 0.717) is 23.9 Å². The number of halogens is 1. The third-order valence-electron chi connectivity index (χ3n) is 5.30. The normalized spacial score (nSPS) is 13.6. The fourth-order valence-corrected chi connectivity index (χ4v) is 3.78. The molecule has 1 aromatic carbocycles. The van der Waals surface area contributed by atoms with Gasteiger partial charge >= 0.3 is 0 Å². The Morgan fingerprint density at radius 2 is 1.87 bits per heavy atom. The van der Waals surface area contributed by atoms with Gasteiger partial charge in [-0.3, -0.25) is 14.9 Å². The second-order valence-electron chi connectivity index (χ2n) is 7.51. The van der Waals surface area contributed by atoms with Crippen LogP contribution < -0.4 is 5.32 Å². The molecule has 0 saturated carbocycles. The van der Waals surface area contributed by atoms with E-state index >= 15 is 0 Å². The number of benzene rings is 1. The second-order valence-corrected chi connectivity index (χ2v) is 7.51. The summed E-state index contributed by atoms with van der Waals surface area (Å²) in [5.41, 5.74) is 4.78. The number of fused-ring (bicyclic) bond motifs is 1. The van der Waals surface area contributed by atoms with E-state index in [2.05, 4.69) is 20.2 Å². The van der Waals surface area contributed by atoms with Crippen molar-refractivity contribution in [3.05, 3.63) is 96.0 Å². The molecule has 0 atom stereocenters. The molecule has 0 radical (unpaired) electrons. The van der Waals surface area contributed by atoms with Crippen molar-refractivity contribution in [2.45, 2.75) is 19.5 Å². The van der Waals surface area contributed by atoms with Crippen LogP contribution in [0, 0.1) is 5.82 Å². The Morgan fingerprint density at radius 1 is 0.968 bits per heavy atom. The summed E-state index contributed by atoms with van der Waals surface area (Å²) < 4.78 is 13.8. The zero-order valence-corrected chi connectivity index (χ0v) is 16.9. The molecule has 0 unspecified atom stereocenters. The Balaban J connectivity index is 1.51. The Bertz CT molecular complexity index is 1180. The van der Waals surface area contributed by atoms with Crippen LogP contribution in [0.2, 0.25) is 0 Å². The third kappa shape index (κ3) is 4.41. The summed E-state index contributed by atoms with van der Waals surface area (Å²) >= 11 is 0. The van der Waals surface area contributed by atoms with Gasteiger partial charge in [-0.25, -0.2) is 14.4 Å². The molecule has 0 saturated heterocycles. The molecule has 0 aliphatic carbocycles. The van der Waals surface area contributed by atoms with Crippen molar-refractivity contribution in [3.63, 3.8) is 0 Å². The van der Waals surface area contributed by atoms with Gasteiger partial charge in [-0.15, -0.1) is 0 Å². The first kappa shape index (κ1) is 19.3. The number of aromatic nitrogens is 4. The minimum Gasteiger partial charge on any atom is -0.340 e. The van der Waals surface area contributed by atoms with Crippen LogP contribution in [0.3, 0.4) is 0 Å². The van der Waals surface area contributed by atoms with Gasteiger partial charge in [0.05, 0.1) is 5.69 Å². The van der Waals surface area contributed by atoms with E-state index in [1.807, 2.05) is 42.7 Å². The first-order valence-corrected chi connectivity index (χ1v) is 10.2. The lowest BCUT2D eigenvalue weighted by molar-refractivity contribution is 0.243. The quantitative estimate of drug-likeness (QED) is 0.525. The Morgan fingerprint density at radius 3 is 2.68 bits per heavy atom. The van der Waals surface area contributed by atoms with E-state index in [1.54, 1.807) is 18.5 Å². The molecule has 1 aliphatic heterocycles. The maximum Gasteiger partial charge on any atom is 0.163 e. The van der Waals surface area contributed by atoms with Crippen LogP contribution >= 0.6 is 0 Å². The summed E-state index contributed by atoms with van der Waals surface area (Å²) in [6.07, 6.45) is 7.92. The molecule has 0 fully saturated rings. The minimum atomic E-state index is -0.292. The Hall–Kier alpha value is -3.71. The lowest BCUT2D eigenvalue weighted by Crippen LogP contribution is -2.31. The number of rotatable bonds is 5. The third-order valence-corrected chi connectivity index (χ3v) is 5.30. The van der Waals surface area contributed by atoms with E-state index in [4.69, 9.17) is 9.97 Å². The number of nitrogens with zero attached hydrogens (tertiary/aromatic N) is 5. The van der Waals surface area contributed by atoms with Gasteiger partial charge in [0, 0.05) is 67.7 Å². The summed E-state index contributed by atoms with van der Waals surface area (Å²) in [5.74, 6) is 1.03. The fourth-order valence-electron chi connectivity index (χ4n) is 3.78. The van der Waals surface area contributed by atoms with Gasteiger partial charge < -0.3 is 5.32 Å². The molecule has 0 amide bonds. The molecule has 0 spiro atoms. The summed E-state index contributed by atoms with van der Waals surface area (Å²) in [4.78, 5) is 20.3. The lowest BCUT2D eigenvalue weighted by atomic mass is 10.0. The molecular weight excluding hydrogens is 391 g/mol. The van der Waals surface area contributed by atoms with Crippen LogP contribution in [0.15, 0.2) is 73.3 Å². The fraction of sp³-hybridized carbons (Fsp3) is 0.167. The number of nitrogens with one attached hydrogen (secondary N) is 1. The molecule has 4 aromatic rings. The van der Waals surface area contributed by atoms with Crippen molar-refractivity contribution >= 4 is 11.5 Å². The van der Waals surface area contributed by atoms with E-state index in [9.17, 15) is 4.39 Å². The maximum absolute atomic E-state index is 13.8. The van der Waals surface area contributed by atoms with Crippen LogP contribution in [-0.2, 0) is 19.5 Å². The standard InChI is InChI=1S/C24H21FN6/c25-19-4-1-5-20(13-19)28-24-21-16-31(15-17-6-10-26-11-7-17)12-8-22(21)29-23(30-24)18-3-2-9-27-14-18/h1-7,9-11,13-14H,8,12,15-16H2,(H,28,29,30). The minimum absolute atomic E-state index is 0.292. The Kier molecular flexibility index (Phi) is 5.33. The Labute approximate surface area is 179 Å². The van der Waals surface area contributed by atoms with E-state index in [-0.39, 0.29) is 5.82 Å². The summed E-state index contributed by atoms with van der Waals surface area (Å²) in [6, 6.07) is 14.3. The lowest BCUT2D eigenvalue weighted by Gasteiger charge is -2.29. The van der Waals surface area contributed by atoms with E-state index < -0.39 is 0 Å². The predicted octanol–water partition coefficient (Wildman–Crippen LogP) is 4.37. The van der Waals surface area contributed by atoms with Crippen LogP contribution in [0.25, 0.3) is 11.4 Å². The van der Waals surface area contributed by atoms with E-state index in [0.717, 1.165) is 36.3 Å². The molecule has 6 nitrogen and oxygen atoms in total. The smallest absolute Gasteiger partial charge is 0.163 e. The number of anilines is 2. The zero-order valence-electron chi connectivity index (χ0n) is 16.9. The number of hydrogen-bond donors (Lipinski definition) is 1. The average Bonchev–Trinajstić information content (AvgIpc) is 2.80. The second kappa shape index (κ2) is 8.57. The number of hydrogen-bond acceptors (Lipinski definition) is 6. The average molecular weight is 412 g/mol. The van der Waals surface area contributed by atoms with Crippen LogP contribution in [0.1, 0.15) is 16.8 Å². The predicted molar refractivity (Wildman–Crippen MR) is 117 cm³/mol. The highest BCUT2D eigenvalue weighted by Gasteiger charge is 2.23. The summed E-state index contributed by atoms with van der Waals surface area (Å²) in [7, 11) is 0. The van der Waals surface area contributed by atoms with Crippen LogP contribution in [0.5, 0.6) is 0 Å². The molecule has 5 rings (SSSR count). The van der Waals surface area contributed by atoms with Gasteiger partial charge in [0.15, 0.2) is 5.82 Å². The molecular formula is C24H21FN6. The number of pyridine rings is 2. The van der Waals surface area contributed by atoms with Crippen LogP contribution in [0.4, 0.5) is 15.9 Å². The van der Waals surface area contributed by atoms with Crippen molar-refractivity contribution < 1.29 is 4.39 Å². The monoisotopic (exact) mass is 412 g/mol. The first-order valence-electron chi connectivity index (χ1n) is 10.2. The highest BCUT2D eigenvalue weighted by atomic mass is 19.1. The van der Waals surface area contributed by atoms with E-state index in [1.165, 1.54) is 17.7 Å². The first-order chi connectivity index (χ1) is 15.2. The molecule has 0 bridgehead atoms. The molecule has 3 aromatic heterocycles. The molecule has 154 valence electrons. The van der Waals surface area contributed by atoms with Gasteiger partial charge in [-0.1, -0.05) is 6.07 Å². The zero-order chi connectivity index (χ0) is 21.0. The van der Waals surface area contributed by atoms with Crippen molar-refractivity contribution in [2.75, 3.05) is 11.9 Å². The molecule has 7 heteroatoms. The van der Waals surface area contributed by atoms with Crippen molar-refractivity contribution in [1.82, 2.24) is 24.8 Å². The van der Waals surface area contributed by atoms with Gasteiger partial charge in [0.25, 0.3) is 0 Å². The molecule has 1 N–H and O–H groups in total. The highest BCUT2D eigenvalue weighted by Crippen LogP contribution is 2.30. The summed E-state index contributed by atoms with van der Waals surface area (Å²) in [5, 5.41) is 3.32. The largest absolute Gasteiger partial charge is 0.340 e. The van der Waals surface area contributed by atoms with Crippen LogP contribution in [-0.4, -0.2) is 31.4 Å². The molecule has 31 heavy (non-hydrogen) atoms. The van der Waals surface area contributed by atoms with Gasteiger partial charge in [-0.2, -0.15) is 0 Å². The SMILES string of the molecule is Fc1cccc(Nc2nc(-c3cccnc3)nc3c2CN(Cc2ccncc2)CC3)c1.